The van der Waals surface area contributed by atoms with Crippen LogP contribution in [0.5, 0.6) is 5.88 Å². The Morgan fingerprint density at radius 3 is 2.96 bits per heavy atom. The predicted octanol–water partition coefficient (Wildman–Crippen LogP) is 2.31. The Morgan fingerprint density at radius 2 is 2.17 bits per heavy atom. The Hall–Kier alpha value is -1.54. The molecule has 4 heterocycles. The lowest BCUT2D eigenvalue weighted by Crippen LogP contribution is -2.33. The van der Waals surface area contributed by atoms with Gasteiger partial charge in [-0.05, 0) is 12.8 Å². The third kappa shape index (κ3) is 2.35. The van der Waals surface area contributed by atoms with Gasteiger partial charge in [0.05, 0.1) is 17.4 Å². The molecule has 9 heteroatoms. The molecule has 1 saturated heterocycles. The normalized spacial score (nSPS) is 21.5. The van der Waals surface area contributed by atoms with Gasteiger partial charge in [0.2, 0.25) is 11.0 Å². The van der Waals surface area contributed by atoms with Crippen LogP contribution >= 0.6 is 11.6 Å². The minimum atomic E-state index is -1.43. The zero-order chi connectivity index (χ0) is 16.1. The molecule has 2 aromatic rings. The first-order chi connectivity index (χ1) is 11.1. The van der Waals surface area contributed by atoms with Gasteiger partial charge in [-0.1, -0.05) is 11.6 Å². The highest BCUT2D eigenvalue weighted by Gasteiger charge is 2.32. The van der Waals surface area contributed by atoms with E-state index in [0.29, 0.717) is 17.8 Å². The molecular formula is C14H14ClFN4O2S. The van der Waals surface area contributed by atoms with Gasteiger partial charge in [0.1, 0.15) is 16.7 Å². The highest BCUT2D eigenvalue weighted by Crippen LogP contribution is 2.39. The van der Waals surface area contributed by atoms with E-state index in [-0.39, 0.29) is 27.7 Å². The van der Waals surface area contributed by atoms with Gasteiger partial charge in [-0.15, -0.1) is 0 Å². The topological polar surface area (TPSA) is 68.2 Å². The fraction of sp³-hybridized carbons (Fsp3) is 0.500. The van der Waals surface area contributed by atoms with Crippen LogP contribution in [-0.4, -0.2) is 44.6 Å². The minimum Gasteiger partial charge on any atom is -0.477 e. The number of anilines is 1. The maximum atomic E-state index is 14.5. The van der Waals surface area contributed by atoms with Crippen molar-refractivity contribution in [1.82, 2.24) is 15.0 Å². The van der Waals surface area contributed by atoms with E-state index >= 15 is 0 Å². The smallest absolute Gasteiger partial charge is 0.228 e. The molecule has 0 amide bonds. The minimum absolute atomic E-state index is 0.0164. The Kier molecular flexibility index (Phi) is 3.60. The highest BCUT2D eigenvalue weighted by atomic mass is 35.5. The Labute approximate surface area is 139 Å². The monoisotopic (exact) mass is 356 g/mol. The molecule has 0 bridgehead atoms. The van der Waals surface area contributed by atoms with E-state index in [2.05, 4.69) is 19.9 Å². The quantitative estimate of drug-likeness (QED) is 0.577. The number of nitrogens with zero attached hydrogens (tertiary/aromatic N) is 4. The summed E-state index contributed by atoms with van der Waals surface area (Å²) in [5.41, 5.74) is 0.0164. The van der Waals surface area contributed by atoms with Crippen molar-refractivity contribution in [2.24, 2.45) is 0 Å². The summed E-state index contributed by atoms with van der Waals surface area (Å²) in [7, 11) is -1.43. The zero-order valence-corrected chi connectivity index (χ0v) is 14.0. The molecule has 2 atom stereocenters. The summed E-state index contributed by atoms with van der Waals surface area (Å²) < 4.78 is 32.1. The summed E-state index contributed by atoms with van der Waals surface area (Å²) in [6, 6.07) is 0.276. The van der Waals surface area contributed by atoms with Crippen LogP contribution in [0.2, 0.25) is 5.15 Å². The average Bonchev–Trinajstić information content (AvgIpc) is 2.97. The van der Waals surface area contributed by atoms with Crippen molar-refractivity contribution in [3.05, 3.63) is 11.0 Å². The van der Waals surface area contributed by atoms with Crippen LogP contribution in [0.15, 0.2) is 5.16 Å². The Morgan fingerprint density at radius 1 is 1.35 bits per heavy atom. The number of fused-ring (bicyclic) bond motifs is 2. The summed E-state index contributed by atoms with van der Waals surface area (Å²) in [5, 5.41) is 0.196. The van der Waals surface area contributed by atoms with Crippen molar-refractivity contribution >= 4 is 39.1 Å². The lowest BCUT2D eigenvalue weighted by molar-refractivity contribution is 0.287. The summed E-state index contributed by atoms with van der Waals surface area (Å²) in [6.45, 7) is 1.29. The first kappa shape index (κ1) is 15.0. The molecule has 23 heavy (non-hydrogen) atoms. The molecule has 0 radical (unpaired) electrons. The molecule has 2 aliphatic rings. The SMILES string of the molecule is CS(=O)c1nc2c3c(nc(Cl)c(F)c3n1)OCC[C@H]1CCCN21. The number of hydrogen-bond acceptors (Lipinski definition) is 6. The number of rotatable bonds is 1. The standard InChI is InChI=1S/C14H14ClFN4O2S/c1-23(21)14-17-10-8-12(19-14)20-5-2-3-7(20)4-6-22-13(8)18-11(15)9(10)16/h7H,2-6H2,1H3/t7-,23?/m1/s1. The first-order valence-corrected chi connectivity index (χ1v) is 9.29. The number of aromatic nitrogens is 3. The molecule has 0 saturated carbocycles. The van der Waals surface area contributed by atoms with Gasteiger partial charge in [0.15, 0.2) is 11.0 Å². The zero-order valence-electron chi connectivity index (χ0n) is 12.4. The number of ether oxygens (including phenoxy) is 1. The summed E-state index contributed by atoms with van der Waals surface area (Å²) >= 11 is 5.87. The average molecular weight is 357 g/mol. The fourth-order valence-corrected chi connectivity index (χ4v) is 3.82. The Bertz CT molecular complexity index is 834. The maximum Gasteiger partial charge on any atom is 0.228 e. The molecule has 2 aliphatic heterocycles. The second kappa shape index (κ2) is 5.52. The van der Waals surface area contributed by atoms with Crippen molar-refractivity contribution in [3.8, 4) is 5.88 Å². The third-order valence-electron chi connectivity index (χ3n) is 4.27. The van der Waals surface area contributed by atoms with Crippen LogP contribution in [0.3, 0.4) is 0 Å². The molecule has 1 fully saturated rings. The van der Waals surface area contributed by atoms with Crippen molar-refractivity contribution in [2.45, 2.75) is 30.5 Å². The van der Waals surface area contributed by atoms with Crippen molar-refractivity contribution in [3.63, 3.8) is 0 Å². The van der Waals surface area contributed by atoms with E-state index in [1.165, 1.54) is 6.26 Å². The summed E-state index contributed by atoms with van der Waals surface area (Å²) in [5.74, 6) is 0.0429. The summed E-state index contributed by atoms with van der Waals surface area (Å²) in [4.78, 5) is 14.7. The van der Waals surface area contributed by atoms with Gasteiger partial charge in [-0.25, -0.2) is 14.4 Å². The van der Waals surface area contributed by atoms with E-state index in [9.17, 15) is 8.60 Å². The van der Waals surface area contributed by atoms with E-state index in [4.69, 9.17) is 16.3 Å². The lowest BCUT2D eigenvalue weighted by atomic mass is 10.1. The van der Waals surface area contributed by atoms with Crippen molar-refractivity contribution < 1.29 is 13.3 Å². The van der Waals surface area contributed by atoms with Crippen LogP contribution in [0.25, 0.3) is 10.9 Å². The van der Waals surface area contributed by atoms with Crippen LogP contribution in [0.1, 0.15) is 19.3 Å². The highest BCUT2D eigenvalue weighted by molar-refractivity contribution is 7.84. The van der Waals surface area contributed by atoms with Crippen LogP contribution in [-0.2, 0) is 10.8 Å². The molecule has 122 valence electrons. The van der Waals surface area contributed by atoms with Gasteiger partial charge in [0.25, 0.3) is 0 Å². The van der Waals surface area contributed by atoms with Gasteiger partial charge in [-0.2, -0.15) is 4.98 Å². The van der Waals surface area contributed by atoms with Crippen molar-refractivity contribution in [2.75, 3.05) is 24.3 Å². The third-order valence-corrected chi connectivity index (χ3v) is 5.22. The first-order valence-electron chi connectivity index (χ1n) is 7.36. The lowest BCUT2D eigenvalue weighted by Gasteiger charge is -2.29. The van der Waals surface area contributed by atoms with Crippen LogP contribution in [0.4, 0.5) is 10.2 Å². The number of pyridine rings is 1. The van der Waals surface area contributed by atoms with Gasteiger partial charge >= 0.3 is 0 Å². The van der Waals surface area contributed by atoms with Gasteiger partial charge in [-0.3, -0.25) is 4.21 Å². The molecule has 0 aliphatic carbocycles. The second-order valence-electron chi connectivity index (χ2n) is 5.66. The molecule has 2 aromatic heterocycles. The summed E-state index contributed by atoms with van der Waals surface area (Å²) in [6.07, 6.45) is 4.35. The largest absolute Gasteiger partial charge is 0.477 e. The Balaban J connectivity index is 2.10. The van der Waals surface area contributed by atoms with E-state index in [1.54, 1.807) is 0 Å². The second-order valence-corrected chi connectivity index (χ2v) is 7.29. The fourth-order valence-electron chi connectivity index (χ4n) is 3.22. The maximum absolute atomic E-state index is 14.5. The van der Waals surface area contributed by atoms with E-state index < -0.39 is 16.6 Å². The number of hydrogen-bond donors (Lipinski definition) is 0. The molecule has 0 spiro atoms. The predicted molar refractivity (Wildman–Crippen MR) is 85.1 cm³/mol. The van der Waals surface area contributed by atoms with Gasteiger partial charge in [0, 0.05) is 25.3 Å². The molecule has 1 unspecified atom stereocenters. The molecule has 4 rings (SSSR count). The van der Waals surface area contributed by atoms with E-state index in [0.717, 1.165) is 25.8 Å². The van der Waals surface area contributed by atoms with E-state index in [1.807, 2.05) is 0 Å². The van der Waals surface area contributed by atoms with Crippen molar-refractivity contribution in [1.29, 1.82) is 0 Å². The molecule has 6 nitrogen and oxygen atoms in total. The van der Waals surface area contributed by atoms with Crippen LogP contribution < -0.4 is 9.64 Å². The molecule has 0 N–H and O–H groups in total. The van der Waals surface area contributed by atoms with Crippen LogP contribution in [0, 0.1) is 5.82 Å². The van der Waals surface area contributed by atoms with Gasteiger partial charge < -0.3 is 9.64 Å². The molecular weight excluding hydrogens is 343 g/mol. The number of halogens is 2. The molecule has 0 aromatic carbocycles.